The van der Waals surface area contributed by atoms with Crippen LogP contribution in [0.15, 0.2) is 174 Å². The molecule has 0 unspecified atom stereocenters. The summed E-state index contributed by atoms with van der Waals surface area (Å²) in [6.45, 7) is 14.0. The lowest BCUT2D eigenvalue weighted by atomic mass is 9.88. The highest BCUT2D eigenvalue weighted by molar-refractivity contribution is 6.21. The van der Waals surface area contributed by atoms with Crippen molar-refractivity contribution >= 4 is 66.5 Å². The van der Waals surface area contributed by atoms with E-state index in [1.807, 2.05) is 24.4 Å². The lowest BCUT2D eigenvalue weighted by Gasteiger charge is -2.28. The molecule has 0 radical (unpaired) electrons. The number of benzene rings is 7. The molecule has 0 spiro atoms. The van der Waals surface area contributed by atoms with Crippen LogP contribution < -0.4 is 14.5 Å². The average Bonchev–Trinajstić information content (AvgIpc) is 3.97. The topological polar surface area (TPSA) is 46.7 Å². The summed E-state index contributed by atoms with van der Waals surface area (Å²) in [5, 5.41) is 4.37. The highest BCUT2D eigenvalue weighted by atomic mass is 16.5. The SMILES string of the molecule is Cc1cc(C)c(N2CN(c3cccc(Oc4ccc5c6ccc7c8ccccc8oc7c6n(-c6cc(C(C)(C)C)ccn6)c5c4)c3)C(c3ccccc3)=C2c2ccccc2)c(C)c1. The van der Waals surface area contributed by atoms with Crippen LogP contribution in [0.4, 0.5) is 11.4 Å². The summed E-state index contributed by atoms with van der Waals surface area (Å²) in [5.41, 5.74) is 15.5. The van der Waals surface area contributed by atoms with E-state index in [1.165, 1.54) is 33.6 Å². The molecule has 0 fully saturated rings. The highest BCUT2D eigenvalue weighted by Gasteiger charge is 2.34. The van der Waals surface area contributed by atoms with Crippen molar-refractivity contribution in [1.29, 1.82) is 0 Å². The number of hydrogen-bond donors (Lipinski definition) is 0. The summed E-state index contributed by atoms with van der Waals surface area (Å²) in [6.07, 6.45) is 1.92. The van der Waals surface area contributed by atoms with E-state index >= 15 is 0 Å². The van der Waals surface area contributed by atoms with Gasteiger partial charge in [-0.15, -0.1) is 0 Å². The van der Waals surface area contributed by atoms with Gasteiger partial charge in [0.05, 0.1) is 22.4 Å². The third kappa shape index (κ3) is 6.52. The maximum atomic E-state index is 6.89. The Kier molecular flexibility index (Phi) is 9.02. The standard InChI is InChI=1S/C57H48N4O2/c1-36-30-37(2)52(38(3)31-36)60-35-59(53(39-16-9-7-10-17-39)54(60)40-18-11-8-12-19-40)42-20-15-21-43(33-42)62-44-24-25-45-47-26-27-48-46-22-13-14-23-50(46)63-56(48)55(47)61(49(45)34-44)51-32-41(28-29-58-51)57(4,5)6/h7-34H,35H2,1-6H3. The maximum Gasteiger partial charge on any atom is 0.160 e. The summed E-state index contributed by atoms with van der Waals surface area (Å²) in [7, 11) is 0. The van der Waals surface area contributed by atoms with Crippen LogP contribution in [0.3, 0.4) is 0 Å². The fourth-order valence-electron chi connectivity index (χ4n) is 9.73. The van der Waals surface area contributed by atoms with Crippen molar-refractivity contribution in [2.24, 2.45) is 0 Å². The number of ether oxygens (including phenoxy) is 1. The van der Waals surface area contributed by atoms with Gasteiger partial charge in [0.2, 0.25) is 0 Å². The maximum absolute atomic E-state index is 6.89. The molecule has 10 aromatic rings. The largest absolute Gasteiger partial charge is 0.457 e. The quantitative estimate of drug-likeness (QED) is 0.160. The van der Waals surface area contributed by atoms with Gasteiger partial charge in [0.25, 0.3) is 0 Å². The summed E-state index contributed by atoms with van der Waals surface area (Å²) >= 11 is 0. The van der Waals surface area contributed by atoms with Crippen LogP contribution in [0.1, 0.15) is 54.2 Å². The Morgan fingerprint density at radius 1 is 0.571 bits per heavy atom. The zero-order valence-electron chi connectivity index (χ0n) is 36.5. The first-order chi connectivity index (χ1) is 30.6. The number of fused-ring (bicyclic) bond motifs is 7. The van der Waals surface area contributed by atoms with Gasteiger partial charge in [0.15, 0.2) is 5.58 Å². The summed E-state index contributed by atoms with van der Waals surface area (Å²) in [5.74, 6) is 2.31. The van der Waals surface area contributed by atoms with Gasteiger partial charge in [-0.2, -0.15) is 0 Å². The molecule has 0 N–H and O–H groups in total. The highest BCUT2D eigenvalue weighted by Crippen LogP contribution is 2.46. The van der Waals surface area contributed by atoms with E-state index in [0.717, 1.165) is 83.6 Å². The Bertz CT molecular complexity index is 3400. The Labute approximate surface area is 367 Å². The normalized spacial score (nSPS) is 13.4. The molecule has 3 aromatic heterocycles. The summed E-state index contributed by atoms with van der Waals surface area (Å²) < 4.78 is 15.8. The second kappa shape index (κ2) is 14.8. The molecule has 1 aliphatic heterocycles. The van der Waals surface area contributed by atoms with Gasteiger partial charge in [-0.3, -0.25) is 4.57 Å². The molecule has 0 saturated heterocycles. The zero-order chi connectivity index (χ0) is 43.0. The van der Waals surface area contributed by atoms with Crippen molar-refractivity contribution in [3.63, 3.8) is 0 Å². The minimum absolute atomic E-state index is 0.0635. The molecule has 6 nitrogen and oxygen atoms in total. The number of para-hydroxylation sites is 1. The monoisotopic (exact) mass is 820 g/mol. The number of hydrogen-bond acceptors (Lipinski definition) is 5. The van der Waals surface area contributed by atoms with Crippen molar-refractivity contribution < 1.29 is 9.15 Å². The van der Waals surface area contributed by atoms with E-state index in [4.69, 9.17) is 14.1 Å². The van der Waals surface area contributed by atoms with Crippen molar-refractivity contribution in [2.75, 3.05) is 16.5 Å². The van der Waals surface area contributed by atoms with Gasteiger partial charge >= 0.3 is 0 Å². The van der Waals surface area contributed by atoms with E-state index in [2.05, 4.69) is 202 Å². The molecule has 0 atom stereocenters. The van der Waals surface area contributed by atoms with Gasteiger partial charge in [-0.1, -0.05) is 129 Å². The molecule has 63 heavy (non-hydrogen) atoms. The third-order valence-electron chi connectivity index (χ3n) is 12.5. The predicted molar refractivity (Wildman–Crippen MR) is 261 cm³/mol. The number of pyridine rings is 1. The molecular formula is C57H48N4O2. The van der Waals surface area contributed by atoms with E-state index in [9.17, 15) is 0 Å². The second-order valence-electron chi connectivity index (χ2n) is 17.9. The Morgan fingerprint density at radius 3 is 1.95 bits per heavy atom. The number of anilines is 2. The fourth-order valence-corrected chi connectivity index (χ4v) is 9.73. The van der Waals surface area contributed by atoms with Crippen LogP contribution in [0.5, 0.6) is 11.5 Å². The summed E-state index contributed by atoms with van der Waals surface area (Å²) in [4.78, 5) is 9.91. The van der Waals surface area contributed by atoms with Crippen molar-refractivity contribution in [2.45, 2.75) is 47.0 Å². The first-order valence-electron chi connectivity index (χ1n) is 21.7. The predicted octanol–water partition coefficient (Wildman–Crippen LogP) is 14.9. The Balaban J connectivity index is 1.05. The first kappa shape index (κ1) is 38.4. The molecule has 11 rings (SSSR count). The van der Waals surface area contributed by atoms with Gasteiger partial charge < -0.3 is 19.0 Å². The number of aromatic nitrogens is 2. The van der Waals surface area contributed by atoms with Crippen molar-refractivity contribution in [1.82, 2.24) is 9.55 Å². The number of aryl methyl sites for hydroxylation is 3. The van der Waals surface area contributed by atoms with Gasteiger partial charge in [0.1, 0.15) is 29.6 Å². The molecule has 0 saturated carbocycles. The molecule has 4 heterocycles. The second-order valence-corrected chi connectivity index (χ2v) is 17.9. The number of rotatable bonds is 7. The minimum Gasteiger partial charge on any atom is -0.457 e. The van der Waals surface area contributed by atoms with E-state index < -0.39 is 0 Å². The molecule has 7 aromatic carbocycles. The van der Waals surface area contributed by atoms with Gasteiger partial charge in [-0.25, -0.2) is 4.98 Å². The molecular weight excluding hydrogens is 773 g/mol. The lowest BCUT2D eigenvalue weighted by molar-refractivity contribution is 0.483. The molecule has 6 heteroatoms. The minimum atomic E-state index is -0.0635. The molecule has 308 valence electrons. The van der Waals surface area contributed by atoms with Crippen LogP contribution in [0.25, 0.3) is 61.0 Å². The van der Waals surface area contributed by atoms with Crippen LogP contribution in [-0.2, 0) is 5.41 Å². The van der Waals surface area contributed by atoms with Crippen molar-refractivity contribution in [3.8, 4) is 17.3 Å². The van der Waals surface area contributed by atoms with E-state index in [1.54, 1.807) is 0 Å². The van der Waals surface area contributed by atoms with Gasteiger partial charge in [-0.05, 0) is 91.4 Å². The zero-order valence-corrected chi connectivity index (χ0v) is 36.5. The van der Waals surface area contributed by atoms with Crippen molar-refractivity contribution in [3.05, 3.63) is 203 Å². The van der Waals surface area contributed by atoms with E-state index in [0.29, 0.717) is 6.67 Å². The molecule has 1 aliphatic rings. The number of furan rings is 1. The third-order valence-corrected chi connectivity index (χ3v) is 12.5. The van der Waals surface area contributed by atoms with Crippen LogP contribution >= 0.6 is 0 Å². The fraction of sp³-hybridized carbons (Fsp3) is 0.140. The van der Waals surface area contributed by atoms with Gasteiger partial charge in [0, 0.05) is 62.4 Å². The lowest BCUT2D eigenvalue weighted by Crippen LogP contribution is -2.28. The van der Waals surface area contributed by atoms with Crippen LogP contribution in [-0.4, -0.2) is 16.2 Å². The van der Waals surface area contributed by atoms with Crippen LogP contribution in [0, 0.1) is 20.8 Å². The summed E-state index contributed by atoms with van der Waals surface area (Å²) in [6, 6.07) is 58.0. The smallest absolute Gasteiger partial charge is 0.160 e. The van der Waals surface area contributed by atoms with Crippen LogP contribution in [0.2, 0.25) is 0 Å². The molecule has 0 bridgehead atoms. The molecule has 0 aliphatic carbocycles. The number of nitrogens with zero attached hydrogens (tertiary/aromatic N) is 4. The molecule has 0 amide bonds. The van der Waals surface area contributed by atoms with E-state index in [-0.39, 0.29) is 5.41 Å². The average molecular weight is 821 g/mol. The Morgan fingerprint density at radius 2 is 1.22 bits per heavy atom. The Hall–Kier alpha value is -7.57. The first-order valence-corrected chi connectivity index (χ1v) is 21.7.